The van der Waals surface area contributed by atoms with Crippen LogP contribution in [0, 0.1) is 0 Å². The first-order valence-electron chi connectivity index (χ1n) is 12.6. The Kier molecular flexibility index (Phi) is 8.66. The molecule has 0 radical (unpaired) electrons. The van der Waals surface area contributed by atoms with Crippen LogP contribution in [0.15, 0.2) is 84.9 Å². The maximum Gasteiger partial charge on any atom is 0.325 e. The summed E-state index contributed by atoms with van der Waals surface area (Å²) in [5, 5.41) is 9.03. The molecule has 4 aromatic rings. The third-order valence-electron chi connectivity index (χ3n) is 6.02. The van der Waals surface area contributed by atoms with Crippen molar-refractivity contribution in [2.45, 2.75) is 26.3 Å². The molecule has 38 heavy (non-hydrogen) atoms. The third kappa shape index (κ3) is 6.15. The molecule has 0 unspecified atom stereocenters. The molecule has 8 nitrogen and oxygen atoms in total. The van der Waals surface area contributed by atoms with Gasteiger partial charge in [0.2, 0.25) is 0 Å². The number of amides is 3. The molecular weight excluding hydrogens is 480 g/mol. The monoisotopic (exact) mass is 510 g/mol. The first-order chi connectivity index (χ1) is 18.5. The zero-order valence-electron chi connectivity index (χ0n) is 21.4. The van der Waals surface area contributed by atoms with Gasteiger partial charge < -0.3 is 20.7 Å². The second-order valence-corrected chi connectivity index (χ2v) is 8.55. The average molecular weight is 511 g/mol. The quantitative estimate of drug-likeness (QED) is 0.259. The van der Waals surface area contributed by atoms with Crippen LogP contribution in [0.25, 0.3) is 22.2 Å². The standard InChI is InChI=1S/C30H30N4O4/c1-3-23(20-13-7-5-8-14-20)33-29(36)26-22-17-11-12-18-24(22)32-27(21-15-9-6-10-16-21)28(26)34-30(37)31-19-25(35)38-4-2/h5-18,23H,3-4,19H2,1-2H3,(H,33,36)(H2,31,34,37)/t23-/m0/s1. The largest absolute Gasteiger partial charge is 0.465 e. The van der Waals surface area contributed by atoms with E-state index in [2.05, 4.69) is 16.0 Å². The molecule has 1 heterocycles. The minimum atomic E-state index is -0.656. The van der Waals surface area contributed by atoms with Crippen LogP contribution in [-0.4, -0.2) is 36.0 Å². The highest BCUT2D eigenvalue weighted by molar-refractivity contribution is 6.15. The lowest BCUT2D eigenvalue weighted by Gasteiger charge is -2.21. The van der Waals surface area contributed by atoms with E-state index in [0.717, 1.165) is 11.1 Å². The predicted molar refractivity (Wildman–Crippen MR) is 148 cm³/mol. The van der Waals surface area contributed by atoms with Gasteiger partial charge in [-0.25, -0.2) is 9.78 Å². The molecule has 1 atom stereocenters. The van der Waals surface area contributed by atoms with Crippen molar-refractivity contribution in [1.82, 2.24) is 15.6 Å². The van der Waals surface area contributed by atoms with Crippen LogP contribution in [0.2, 0.25) is 0 Å². The van der Waals surface area contributed by atoms with Gasteiger partial charge in [-0.2, -0.15) is 0 Å². The molecule has 0 fully saturated rings. The Bertz CT molecular complexity index is 1420. The normalized spacial score (nSPS) is 11.4. The first-order valence-corrected chi connectivity index (χ1v) is 12.6. The highest BCUT2D eigenvalue weighted by atomic mass is 16.5. The first kappa shape index (κ1) is 26.3. The van der Waals surface area contributed by atoms with E-state index in [-0.39, 0.29) is 36.4 Å². The van der Waals surface area contributed by atoms with Gasteiger partial charge in [-0.1, -0.05) is 85.8 Å². The van der Waals surface area contributed by atoms with E-state index in [0.29, 0.717) is 23.0 Å². The van der Waals surface area contributed by atoms with Crippen molar-refractivity contribution < 1.29 is 19.1 Å². The number of hydrogen-bond acceptors (Lipinski definition) is 5. The number of benzene rings is 3. The number of esters is 1. The predicted octanol–water partition coefficient (Wildman–Crippen LogP) is 5.47. The van der Waals surface area contributed by atoms with Crippen molar-refractivity contribution in [2.24, 2.45) is 0 Å². The van der Waals surface area contributed by atoms with E-state index in [1.807, 2.05) is 85.8 Å². The second kappa shape index (κ2) is 12.5. The summed E-state index contributed by atoms with van der Waals surface area (Å²) in [5.41, 5.74) is 3.29. The van der Waals surface area contributed by atoms with Crippen molar-refractivity contribution in [3.8, 4) is 11.3 Å². The number of rotatable bonds is 9. The van der Waals surface area contributed by atoms with Gasteiger partial charge in [0.1, 0.15) is 6.54 Å². The van der Waals surface area contributed by atoms with Gasteiger partial charge in [0.15, 0.2) is 0 Å². The van der Waals surface area contributed by atoms with E-state index in [1.54, 1.807) is 13.0 Å². The fourth-order valence-electron chi connectivity index (χ4n) is 4.23. The minimum Gasteiger partial charge on any atom is -0.465 e. The fraction of sp³-hybridized carbons (Fsp3) is 0.200. The van der Waals surface area contributed by atoms with E-state index in [4.69, 9.17) is 9.72 Å². The summed E-state index contributed by atoms with van der Waals surface area (Å²) in [5.74, 6) is -0.911. The number of anilines is 1. The number of urea groups is 1. The molecule has 194 valence electrons. The summed E-state index contributed by atoms with van der Waals surface area (Å²) >= 11 is 0. The molecule has 0 bridgehead atoms. The number of aromatic nitrogens is 1. The number of nitrogens with one attached hydrogen (secondary N) is 3. The summed E-state index contributed by atoms with van der Waals surface area (Å²) in [6, 6.07) is 25.5. The lowest BCUT2D eigenvalue weighted by atomic mass is 9.99. The molecule has 8 heteroatoms. The molecule has 0 aliphatic carbocycles. The summed E-state index contributed by atoms with van der Waals surface area (Å²) in [7, 11) is 0. The lowest BCUT2D eigenvalue weighted by molar-refractivity contribution is -0.141. The minimum absolute atomic E-state index is 0.208. The van der Waals surface area contributed by atoms with Crippen molar-refractivity contribution >= 4 is 34.5 Å². The van der Waals surface area contributed by atoms with Crippen LogP contribution in [0.3, 0.4) is 0 Å². The number of ether oxygens (including phenoxy) is 1. The number of hydrogen-bond donors (Lipinski definition) is 3. The number of para-hydroxylation sites is 1. The molecule has 0 spiro atoms. The Labute approximate surface area is 221 Å². The van der Waals surface area contributed by atoms with Crippen LogP contribution >= 0.6 is 0 Å². The van der Waals surface area contributed by atoms with Crippen LogP contribution in [0.5, 0.6) is 0 Å². The van der Waals surface area contributed by atoms with Gasteiger partial charge in [0.25, 0.3) is 5.91 Å². The number of fused-ring (bicyclic) bond motifs is 1. The highest BCUT2D eigenvalue weighted by Crippen LogP contribution is 2.35. The van der Waals surface area contributed by atoms with Crippen molar-refractivity contribution in [2.75, 3.05) is 18.5 Å². The molecule has 0 aliphatic heterocycles. The summed E-state index contributed by atoms with van der Waals surface area (Å²) in [4.78, 5) is 43.5. The van der Waals surface area contributed by atoms with Crippen LogP contribution in [0.4, 0.5) is 10.5 Å². The number of carbonyl (C=O) groups is 3. The highest BCUT2D eigenvalue weighted by Gasteiger charge is 2.25. The lowest BCUT2D eigenvalue weighted by Crippen LogP contribution is -2.35. The average Bonchev–Trinajstić information content (AvgIpc) is 2.95. The molecule has 0 saturated carbocycles. The number of pyridine rings is 1. The maximum atomic E-state index is 14.0. The topological polar surface area (TPSA) is 109 Å². The van der Waals surface area contributed by atoms with E-state index in [1.165, 1.54) is 0 Å². The van der Waals surface area contributed by atoms with Gasteiger partial charge in [-0.05, 0) is 25.0 Å². The van der Waals surface area contributed by atoms with E-state index in [9.17, 15) is 14.4 Å². The molecule has 0 saturated heterocycles. The molecular formula is C30H30N4O4. The van der Waals surface area contributed by atoms with Gasteiger partial charge in [-0.15, -0.1) is 0 Å². The second-order valence-electron chi connectivity index (χ2n) is 8.55. The zero-order valence-corrected chi connectivity index (χ0v) is 21.4. The van der Waals surface area contributed by atoms with Crippen LogP contribution < -0.4 is 16.0 Å². The molecule has 1 aromatic heterocycles. The Balaban J connectivity index is 1.81. The Morgan fingerprint density at radius 1 is 0.868 bits per heavy atom. The van der Waals surface area contributed by atoms with Gasteiger partial charge in [-0.3, -0.25) is 9.59 Å². The van der Waals surface area contributed by atoms with E-state index >= 15 is 0 Å². The van der Waals surface area contributed by atoms with Crippen molar-refractivity contribution in [1.29, 1.82) is 0 Å². The molecule has 0 aliphatic rings. The fourth-order valence-corrected chi connectivity index (χ4v) is 4.23. The van der Waals surface area contributed by atoms with Gasteiger partial charge in [0, 0.05) is 10.9 Å². The SMILES string of the molecule is CCOC(=O)CNC(=O)Nc1c(-c2ccccc2)nc2ccccc2c1C(=O)N[C@@H](CC)c1ccccc1. The Morgan fingerprint density at radius 2 is 1.53 bits per heavy atom. The van der Waals surface area contributed by atoms with Crippen LogP contribution in [-0.2, 0) is 9.53 Å². The molecule has 3 amide bonds. The third-order valence-corrected chi connectivity index (χ3v) is 6.02. The van der Waals surface area contributed by atoms with Crippen LogP contribution in [0.1, 0.15) is 42.2 Å². The summed E-state index contributed by atoms with van der Waals surface area (Å²) in [6.07, 6.45) is 0.674. The molecule has 3 N–H and O–H groups in total. The Hall–Kier alpha value is -4.72. The van der Waals surface area contributed by atoms with E-state index < -0.39 is 12.0 Å². The smallest absolute Gasteiger partial charge is 0.325 e. The number of carbonyl (C=O) groups excluding carboxylic acids is 3. The van der Waals surface area contributed by atoms with Gasteiger partial charge in [0.05, 0.1) is 35.1 Å². The molecule has 3 aromatic carbocycles. The van der Waals surface area contributed by atoms with Crippen molar-refractivity contribution in [3.63, 3.8) is 0 Å². The molecule has 4 rings (SSSR count). The zero-order chi connectivity index (χ0) is 26.9. The summed E-state index contributed by atoms with van der Waals surface area (Å²) in [6.45, 7) is 3.59. The summed E-state index contributed by atoms with van der Waals surface area (Å²) < 4.78 is 4.90. The van der Waals surface area contributed by atoms with Crippen molar-refractivity contribution in [3.05, 3.63) is 96.1 Å². The van der Waals surface area contributed by atoms with Gasteiger partial charge >= 0.3 is 12.0 Å². The number of nitrogens with zero attached hydrogens (tertiary/aromatic N) is 1. The maximum absolute atomic E-state index is 14.0. The Morgan fingerprint density at radius 3 is 2.21 bits per heavy atom.